The fraction of sp³-hybridized carbons (Fsp3) is 0.368. The second-order valence-corrected chi connectivity index (χ2v) is 6.52. The zero-order valence-corrected chi connectivity index (χ0v) is 14.4. The highest BCUT2D eigenvalue weighted by Crippen LogP contribution is 2.20. The van der Waals surface area contributed by atoms with Crippen molar-refractivity contribution in [1.82, 2.24) is 5.32 Å². The summed E-state index contributed by atoms with van der Waals surface area (Å²) in [6, 6.07) is 10.5. The van der Waals surface area contributed by atoms with E-state index >= 15 is 0 Å². The van der Waals surface area contributed by atoms with Crippen LogP contribution in [0.3, 0.4) is 0 Å². The molecule has 0 radical (unpaired) electrons. The van der Waals surface area contributed by atoms with E-state index in [2.05, 4.69) is 11.4 Å². The number of carbonyl (C=O) groups excluding carboxylic acids is 1. The molecule has 2 rings (SSSR count). The number of rotatable bonds is 8. The van der Waals surface area contributed by atoms with E-state index in [4.69, 9.17) is 19.5 Å². The van der Waals surface area contributed by atoms with Crippen LogP contribution in [0.25, 0.3) is 0 Å². The van der Waals surface area contributed by atoms with Gasteiger partial charge in [0.2, 0.25) is 0 Å². The van der Waals surface area contributed by atoms with Crippen molar-refractivity contribution in [2.75, 3.05) is 13.2 Å². The third-order valence-corrected chi connectivity index (χ3v) is 3.83. The maximum atomic E-state index is 12.3. The minimum atomic E-state index is -0.319. The van der Waals surface area contributed by atoms with Crippen LogP contribution in [0.4, 0.5) is 0 Å². The van der Waals surface area contributed by atoms with E-state index in [1.165, 1.54) is 6.26 Å². The molecule has 6 heteroatoms. The van der Waals surface area contributed by atoms with E-state index in [1.54, 1.807) is 30.3 Å². The van der Waals surface area contributed by atoms with Gasteiger partial charge in [-0.2, -0.15) is 5.26 Å². The zero-order chi connectivity index (χ0) is 18.3. The number of nitrogens with one attached hydrogen (secondary N) is 1. The molecule has 0 saturated carbocycles. The molecule has 1 aromatic heterocycles. The molecule has 0 aliphatic rings. The average molecular weight is 342 g/mol. The van der Waals surface area contributed by atoms with Gasteiger partial charge in [-0.1, -0.05) is 19.9 Å². The lowest BCUT2D eigenvalue weighted by Crippen LogP contribution is -2.34. The summed E-state index contributed by atoms with van der Waals surface area (Å²) in [5.41, 5.74) is 0.930. The fourth-order valence-corrected chi connectivity index (χ4v) is 2.26. The lowest BCUT2D eigenvalue weighted by Gasteiger charge is -2.23. The molecule has 0 spiro atoms. The molecule has 1 amide bonds. The van der Waals surface area contributed by atoms with Crippen molar-refractivity contribution in [3.63, 3.8) is 0 Å². The van der Waals surface area contributed by atoms with E-state index < -0.39 is 0 Å². The zero-order valence-electron chi connectivity index (χ0n) is 14.4. The molecule has 132 valence electrons. The molecule has 0 fully saturated rings. The van der Waals surface area contributed by atoms with Gasteiger partial charge in [0.15, 0.2) is 5.76 Å². The Morgan fingerprint density at radius 1 is 1.40 bits per heavy atom. The number of furan rings is 1. The van der Waals surface area contributed by atoms with Gasteiger partial charge in [0.25, 0.3) is 5.91 Å². The number of hydrogen-bond acceptors (Lipinski definition) is 5. The average Bonchev–Trinajstić information content (AvgIpc) is 3.07. The van der Waals surface area contributed by atoms with Crippen molar-refractivity contribution in [1.29, 1.82) is 5.26 Å². The van der Waals surface area contributed by atoms with E-state index in [1.807, 2.05) is 13.8 Å². The number of nitriles is 1. The SMILES string of the molecule is CC(C)(CCO)CNC(=O)c1occc1COc1cccc(C#N)c1. The van der Waals surface area contributed by atoms with Crippen molar-refractivity contribution in [3.05, 3.63) is 53.5 Å². The Kier molecular flexibility index (Phi) is 6.20. The summed E-state index contributed by atoms with van der Waals surface area (Å²) in [6.45, 7) is 4.60. The highest BCUT2D eigenvalue weighted by Gasteiger charge is 2.21. The maximum Gasteiger partial charge on any atom is 0.287 e. The van der Waals surface area contributed by atoms with Gasteiger partial charge in [0.1, 0.15) is 12.4 Å². The van der Waals surface area contributed by atoms with Crippen molar-refractivity contribution in [2.45, 2.75) is 26.9 Å². The number of carbonyl (C=O) groups is 1. The summed E-state index contributed by atoms with van der Waals surface area (Å²) in [5.74, 6) is 0.437. The van der Waals surface area contributed by atoms with Gasteiger partial charge in [-0.25, -0.2) is 0 Å². The molecule has 0 saturated heterocycles. The molecular formula is C19H22N2O4. The number of benzene rings is 1. The molecule has 0 unspecified atom stereocenters. The van der Waals surface area contributed by atoms with Crippen LogP contribution < -0.4 is 10.1 Å². The van der Waals surface area contributed by atoms with Crippen LogP contribution in [0.5, 0.6) is 5.75 Å². The monoisotopic (exact) mass is 342 g/mol. The van der Waals surface area contributed by atoms with Crippen LogP contribution >= 0.6 is 0 Å². The summed E-state index contributed by atoms with van der Waals surface area (Å²) in [6.07, 6.45) is 2.04. The van der Waals surface area contributed by atoms with E-state index in [9.17, 15) is 4.79 Å². The number of aliphatic hydroxyl groups excluding tert-OH is 1. The Hall–Kier alpha value is -2.78. The van der Waals surface area contributed by atoms with Gasteiger partial charge >= 0.3 is 0 Å². The lowest BCUT2D eigenvalue weighted by molar-refractivity contribution is 0.0897. The number of amides is 1. The quantitative estimate of drug-likeness (QED) is 0.769. The minimum Gasteiger partial charge on any atom is -0.489 e. The Balaban J connectivity index is 1.97. The fourth-order valence-electron chi connectivity index (χ4n) is 2.26. The second kappa shape index (κ2) is 8.36. The molecule has 2 aromatic rings. The molecular weight excluding hydrogens is 320 g/mol. The van der Waals surface area contributed by atoms with Gasteiger partial charge in [0, 0.05) is 18.7 Å². The molecule has 0 aliphatic carbocycles. The summed E-state index contributed by atoms with van der Waals surface area (Å²) in [7, 11) is 0. The number of nitrogens with zero attached hydrogens (tertiary/aromatic N) is 1. The summed E-state index contributed by atoms with van der Waals surface area (Å²) in [5, 5.41) is 20.8. The van der Waals surface area contributed by atoms with Crippen LogP contribution in [0.1, 0.15) is 41.9 Å². The smallest absolute Gasteiger partial charge is 0.287 e. The predicted octanol–water partition coefficient (Wildman–Crippen LogP) is 2.87. The lowest BCUT2D eigenvalue weighted by atomic mass is 9.90. The van der Waals surface area contributed by atoms with Crippen LogP contribution in [-0.2, 0) is 6.61 Å². The first-order valence-electron chi connectivity index (χ1n) is 8.03. The van der Waals surface area contributed by atoms with Crippen molar-refractivity contribution >= 4 is 5.91 Å². The predicted molar refractivity (Wildman–Crippen MR) is 92.0 cm³/mol. The first-order chi connectivity index (χ1) is 11.9. The largest absolute Gasteiger partial charge is 0.489 e. The van der Waals surface area contributed by atoms with Gasteiger partial charge < -0.3 is 19.6 Å². The van der Waals surface area contributed by atoms with E-state index in [0.29, 0.717) is 29.8 Å². The minimum absolute atomic E-state index is 0.0739. The molecule has 1 heterocycles. The third kappa shape index (κ3) is 5.37. The number of aliphatic hydroxyl groups is 1. The van der Waals surface area contributed by atoms with Crippen LogP contribution in [0.15, 0.2) is 41.0 Å². The molecule has 25 heavy (non-hydrogen) atoms. The second-order valence-electron chi connectivity index (χ2n) is 6.52. The first kappa shape index (κ1) is 18.6. The van der Waals surface area contributed by atoms with Gasteiger partial charge in [0.05, 0.1) is 17.9 Å². The maximum absolute atomic E-state index is 12.3. The van der Waals surface area contributed by atoms with Crippen molar-refractivity contribution in [2.24, 2.45) is 5.41 Å². The van der Waals surface area contributed by atoms with Crippen LogP contribution in [-0.4, -0.2) is 24.2 Å². The summed E-state index contributed by atoms with van der Waals surface area (Å²) < 4.78 is 10.9. The highest BCUT2D eigenvalue weighted by atomic mass is 16.5. The molecule has 0 atom stereocenters. The Morgan fingerprint density at radius 3 is 2.92 bits per heavy atom. The highest BCUT2D eigenvalue weighted by molar-refractivity contribution is 5.92. The summed E-state index contributed by atoms with van der Waals surface area (Å²) >= 11 is 0. The third-order valence-electron chi connectivity index (χ3n) is 3.83. The molecule has 0 bridgehead atoms. The van der Waals surface area contributed by atoms with Gasteiger partial charge in [-0.05, 0) is 36.1 Å². The Bertz CT molecular complexity index is 759. The van der Waals surface area contributed by atoms with Crippen molar-refractivity contribution < 1.29 is 19.1 Å². The summed E-state index contributed by atoms with van der Waals surface area (Å²) in [4.78, 5) is 12.3. The van der Waals surface area contributed by atoms with Crippen LogP contribution in [0.2, 0.25) is 0 Å². The molecule has 6 nitrogen and oxygen atoms in total. The molecule has 2 N–H and O–H groups in total. The topological polar surface area (TPSA) is 95.5 Å². The van der Waals surface area contributed by atoms with Gasteiger partial charge in [-0.15, -0.1) is 0 Å². The van der Waals surface area contributed by atoms with Crippen LogP contribution in [0, 0.1) is 16.7 Å². The molecule has 0 aliphatic heterocycles. The van der Waals surface area contributed by atoms with Crippen molar-refractivity contribution in [3.8, 4) is 11.8 Å². The Morgan fingerprint density at radius 2 is 2.20 bits per heavy atom. The normalized spacial score (nSPS) is 11.0. The van der Waals surface area contributed by atoms with E-state index in [0.717, 1.165) is 0 Å². The molecule has 1 aromatic carbocycles. The first-order valence-corrected chi connectivity index (χ1v) is 8.03. The number of ether oxygens (including phenoxy) is 1. The van der Waals surface area contributed by atoms with Gasteiger partial charge in [-0.3, -0.25) is 4.79 Å². The Labute approximate surface area is 147 Å². The standard InChI is InChI=1S/C19H22N2O4/c1-19(2,7-8-22)13-21-18(23)17-15(6-9-24-17)12-25-16-5-3-4-14(10-16)11-20/h3-6,9-10,22H,7-8,12-13H2,1-2H3,(H,21,23). The van der Waals surface area contributed by atoms with E-state index in [-0.39, 0.29) is 30.3 Å². The number of hydrogen-bond donors (Lipinski definition) is 2.